The van der Waals surface area contributed by atoms with Crippen LogP contribution >= 0.6 is 15.9 Å². The van der Waals surface area contributed by atoms with E-state index in [1.165, 1.54) is 11.1 Å². The number of fused-ring (bicyclic) bond motifs is 1. The Morgan fingerprint density at radius 2 is 2.19 bits per heavy atom. The summed E-state index contributed by atoms with van der Waals surface area (Å²) in [5.74, 6) is 0.660. The Hall–Kier alpha value is -0.870. The molecule has 1 aliphatic heterocycles. The molecule has 1 aromatic rings. The fraction of sp³-hybridized carbons (Fsp3) is 0.588. The molecule has 0 N–H and O–H groups in total. The summed E-state index contributed by atoms with van der Waals surface area (Å²) in [6, 6.07) is 6.50. The second-order valence-corrected chi connectivity index (χ2v) is 7.19. The molecule has 0 bridgehead atoms. The van der Waals surface area contributed by atoms with Crippen LogP contribution in [0.3, 0.4) is 0 Å². The standard InChI is InChI=1S/C17H24BrNO2/c1-12(2)15(18)10-13-6-7-16-14(9-13)5-4-8-19(16)17(20)11-21-3/h6-7,9,12,15H,4-5,8,10-11H2,1-3H3. The van der Waals surface area contributed by atoms with Gasteiger partial charge in [-0.25, -0.2) is 0 Å². The van der Waals surface area contributed by atoms with Gasteiger partial charge in [0.05, 0.1) is 0 Å². The average molecular weight is 354 g/mol. The molecule has 0 aliphatic carbocycles. The van der Waals surface area contributed by atoms with Crippen molar-refractivity contribution in [3.05, 3.63) is 29.3 Å². The van der Waals surface area contributed by atoms with Crippen molar-refractivity contribution in [1.82, 2.24) is 0 Å². The van der Waals surface area contributed by atoms with E-state index in [1.54, 1.807) is 7.11 Å². The molecule has 1 atom stereocenters. The van der Waals surface area contributed by atoms with Crippen molar-refractivity contribution in [3.8, 4) is 0 Å². The summed E-state index contributed by atoms with van der Waals surface area (Å²) >= 11 is 3.75. The Balaban J connectivity index is 2.18. The van der Waals surface area contributed by atoms with Crippen LogP contribution in [-0.2, 0) is 22.4 Å². The molecule has 21 heavy (non-hydrogen) atoms. The van der Waals surface area contributed by atoms with Gasteiger partial charge >= 0.3 is 0 Å². The van der Waals surface area contributed by atoms with Gasteiger partial charge in [-0.1, -0.05) is 41.9 Å². The highest BCUT2D eigenvalue weighted by Crippen LogP contribution is 2.29. The lowest BCUT2D eigenvalue weighted by molar-refractivity contribution is -0.122. The van der Waals surface area contributed by atoms with Crippen molar-refractivity contribution >= 4 is 27.5 Å². The number of ether oxygens (including phenoxy) is 1. The zero-order chi connectivity index (χ0) is 15.4. The number of halogens is 1. The molecule has 116 valence electrons. The minimum absolute atomic E-state index is 0.0479. The van der Waals surface area contributed by atoms with E-state index >= 15 is 0 Å². The molecule has 0 fully saturated rings. The SMILES string of the molecule is COCC(=O)N1CCCc2cc(CC(Br)C(C)C)ccc21. The second-order valence-electron chi connectivity index (χ2n) is 6.01. The normalized spacial score (nSPS) is 16.0. The smallest absolute Gasteiger partial charge is 0.252 e. The van der Waals surface area contributed by atoms with Crippen LogP contribution in [0.1, 0.15) is 31.4 Å². The van der Waals surface area contributed by atoms with Gasteiger partial charge in [0.2, 0.25) is 0 Å². The minimum atomic E-state index is 0.0479. The molecule has 1 heterocycles. The molecule has 4 heteroatoms. The zero-order valence-electron chi connectivity index (χ0n) is 13.1. The number of benzene rings is 1. The van der Waals surface area contributed by atoms with Gasteiger partial charge in [-0.15, -0.1) is 0 Å². The fourth-order valence-electron chi connectivity index (χ4n) is 2.70. The zero-order valence-corrected chi connectivity index (χ0v) is 14.6. The first kappa shape index (κ1) is 16.5. The Kier molecular flexibility index (Phi) is 5.82. The molecule has 1 unspecified atom stereocenters. The summed E-state index contributed by atoms with van der Waals surface area (Å²) in [5, 5.41) is 0. The summed E-state index contributed by atoms with van der Waals surface area (Å²) < 4.78 is 4.98. The number of anilines is 1. The molecule has 2 rings (SSSR count). The first-order valence-electron chi connectivity index (χ1n) is 7.58. The third kappa shape index (κ3) is 4.07. The highest BCUT2D eigenvalue weighted by atomic mass is 79.9. The highest BCUT2D eigenvalue weighted by molar-refractivity contribution is 9.09. The molecular formula is C17H24BrNO2. The van der Waals surface area contributed by atoms with Crippen LogP contribution in [0.15, 0.2) is 18.2 Å². The summed E-state index contributed by atoms with van der Waals surface area (Å²) in [6.07, 6.45) is 3.10. The number of carbonyl (C=O) groups is 1. The molecule has 1 aromatic carbocycles. The third-order valence-electron chi connectivity index (χ3n) is 3.99. The van der Waals surface area contributed by atoms with Gasteiger partial charge < -0.3 is 9.64 Å². The topological polar surface area (TPSA) is 29.5 Å². The Bertz CT molecular complexity index is 502. The lowest BCUT2D eigenvalue weighted by atomic mass is 9.95. The van der Waals surface area contributed by atoms with Crippen LogP contribution in [0, 0.1) is 5.92 Å². The van der Waals surface area contributed by atoms with Gasteiger partial charge in [0, 0.05) is 24.2 Å². The van der Waals surface area contributed by atoms with E-state index in [1.807, 2.05) is 4.90 Å². The molecule has 0 saturated carbocycles. The van der Waals surface area contributed by atoms with Gasteiger partial charge in [-0.3, -0.25) is 4.79 Å². The second kappa shape index (κ2) is 7.41. The number of aryl methyl sites for hydroxylation is 1. The van der Waals surface area contributed by atoms with E-state index < -0.39 is 0 Å². The average Bonchev–Trinajstić information content (AvgIpc) is 2.46. The van der Waals surface area contributed by atoms with E-state index in [4.69, 9.17) is 4.74 Å². The minimum Gasteiger partial charge on any atom is -0.375 e. The lowest BCUT2D eigenvalue weighted by Gasteiger charge is -2.30. The number of methoxy groups -OCH3 is 1. The summed E-state index contributed by atoms with van der Waals surface area (Å²) in [5.41, 5.74) is 3.68. The van der Waals surface area contributed by atoms with Crippen molar-refractivity contribution in [3.63, 3.8) is 0 Å². The maximum atomic E-state index is 12.1. The van der Waals surface area contributed by atoms with E-state index in [0.29, 0.717) is 10.7 Å². The molecular weight excluding hydrogens is 330 g/mol. The van der Waals surface area contributed by atoms with E-state index in [9.17, 15) is 4.79 Å². The molecule has 1 amide bonds. The van der Waals surface area contributed by atoms with E-state index in [-0.39, 0.29) is 12.5 Å². The number of carbonyl (C=O) groups excluding carboxylic acids is 1. The van der Waals surface area contributed by atoms with Crippen molar-refractivity contribution < 1.29 is 9.53 Å². The number of amides is 1. The summed E-state index contributed by atoms with van der Waals surface area (Å²) in [6.45, 7) is 5.39. The predicted octanol–water partition coefficient (Wildman–Crippen LogP) is 3.57. The van der Waals surface area contributed by atoms with E-state index in [0.717, 1.165) is 31.5 Å². The number of hydrogen-bond acceptors (Lipinski definition) is 2. The van der Waals surface area contributed by atoms with Gasteiger partial charge in [-0.05, 0) is 42.4 Å². The van der Waals surface area contributed by atoms with Crippen LogP contribution in [0.25, 0.3) is 0 Å². The van der Waals surface area contributed by atoms with Crippen LogP contribution in [0.2, 0.25) is 0 Å². The van der Waals surface area contributed by atoms with Gasteiger partial charge in [0.25, 0.3) is 5.91 Å². The maximum Gasteiger partial charge on any atom is 0.252 e. The van der Waals surface area contributed by atoms with Crippen LogP contribution in [-0.4, -0.2) is 31.0 Å². The first-order valence-corrected chi connectivity index (χ1v) is 8.49. The van der Waals surface area contributed by atoms with Gasteiger partial charge in [0.1, 0.15) is 6.61 Å². The number of hydrogen-bond donors (Lipinski definition) is 0. The van der Waals surface area contributed by atoms with Crippen molar-refractivity contribution in [1.29, 1.82) is 0 Å². The van der Waals surface area contributed by atoms with Crippen LogP contribution in [0.5, 0.6) is 0 Å². The first-order chi connectivity index (χ1) is 10.0. The van der Waals surface area contributed by atoms with Crippen molar-refractivity contribution in [2.45, 2.75) is 37.9 Å². The van der Waals surface area contributed by atoms with Crippen LogP contribution < -0.4 is 4.90 Å². The predicted molar refractivity (Wildman–Crippen MR) is 90.2 cm³/mol. The Labute approximate surface area is 135 Å². The van der Waals surface area contributed by atoms with Gasteiger partial charge in [0.15, 0.2) is 0 Å². The van der Waals surface area contributed by atoms with Gasteiger partial charge in [-0.2, -0.15) is 0 Å². The van der Waals surface area contributed by atoms with Crippen molar-refractivity contribution in [2.24, 2.45) is 5.92 Å². The quantitative estimate of drug-likeness (QED) is 0.757. The monoisotopic (exact) mass is 353 g/mol. The molecule has 0 radical (unpaired) electrons. The molecule has 0 saturated heterocycles. The lowest BCUT2D eigenvalue weighted by Crippen LogP contribution is -2.37. The number of rotatable bonds is 5. The van der Waals surface area contributed by atoms with Crippen molar-refractivity contribution in [2.75, 3.05) is 25.2 Å². The maximum absolute atomic E-state index is 12.1. The molecule has 0 spiro atoms. The summed E-state index contributed by atoms with van der Waals surface area (Å²) in [4.78, 5) is 14.5. The Morgan fingerprint density at radius 3 is 2.86 bits per heavy atom. The fourth-order valence-corrected chi connectivity index (χ4v) is 3.07. The highest BCUT2D eigenvalue weighted by Gasteiger charge is 2.22. The van der Waals surface area contributed by atoms with Crippen LogP contribution in [0.4, 0.5) is 5.69 Å². The molecule has 3 nitrogen and oxygen atoms in total. The number of nitrogens with zero attached hydrogens (tertiary/aromatic N) is 1. The Morgan fingerprint density at radius 1 is 1.43 bits per heavy atom. The van der Waals surface area contributed by atoms with E-state index in [2.05, 4.69) is 48.0 Å². The summed E-state index contributed by atoms with van der Waals surface area (Å²) in [7, 11) is 1.56. The molecule has 1 aliphatic rings. The number of alkyl halides is 1. The largest absolute Gasteiger partial charge is 0.375 e. The molecule has 0 aromatic heterocycles. The third-order valence-corrected chi connectivity index (χ3v) is 5.37.